The second kappa shape index (κ2) is 6.61. The molecule has 1 heterocycles. The molecule has 0 aromatic carbocycles. The maximum Gasteiger partial charge on any atom is 0.0270 e. The number of hydrogen-bond donors (Lipinski definition) is 2. The Morgan fingerprint density at radius 2 is 1.75 bits per heavy atom. The van der Waals surface area contributed by atoms with Crippen molar-refractivity contribution in [1.82, 2.24) is 15.6 Å². The second-order valence-electron chi connectivity index (χ2n) is 4.65. The van der Waals surface area contributed by atoms with Gasteiger partial charge in [-0.25, -0.2) is 0 Å². The average Bonchev–Trinajstić information content (AvgIpc) is 2.30. The van der Waals surface area contributed by atoms with Gasteiger partial charge in [0, 0.05) is 37.4 Å². The molecular weight excluding hydrogens is 198 g/mol. The van der Waals surface area contributed by atoms with E-state index in [1.165, 1.54) is 5.56 Å². The summed E-state index contributed by atoms with van der Waals surface area (Å²) in [5.41, 5.74) is 1.49. The van der Waals surface area contributed by atoms with Gasteiger partial charge in [-0.1, -0.05) is 20.8 Å². The van der Waals surface area contributed by atoms with Crippen molar-refractivity contribution in [3.8, 4) is 0 Å². The van der Waals surface area contributed by atoms with E-state index < -0.39 is 0 Å². The summed E-state index contributed by atoms with van der Waals surface area (Å²) in [6.45, 7) is 10.7. The Kier molecular flexibility index (Phi) is 5.43. The average molecular weight is 221 g/mol. The quantitative estimate of drug-likeness (QED) is 0.686. The second-order valence-corrected chi connectivity index (χ2v) is 4.65. The normalized spacial score (nSPS) is 11.7. The Bertz CT molecular complexity index is 282. The Morgan fingerprint density at radius 1 is 1.12 bits per heavy atom. The zero-order valence-corrected chi connectivity index (χ0v) is 10.6. The van der Waals surface area contributed by atoms with Crippen LogP contribution in [0.5, 0.6) is 0 Å². The Balaban J connectivity index is 2.35. The largest absolute Gasteiger partial charge is 0.316 e. The molecule has 1 aromatic heterocycles. The van der Waals surface area contributed by atoms with E-state index in [9.17, 15) is 0 Å². The molecule has 0 unspecified atom stereocenters. The zero-order chi connectivity index (χ0) is 11.9. The smallest absolute Gasteiger partial charge is 0.0270 e. The Hall–Kier alpha value is -0.930. The summed E-state index contributed by atoms with van der Waals surface area (Å²) in [5, 5.41) is 6.78. The summed E-state index contributed by atoms with van der Waals surface area (Å²) < 4.78 is 0. The van der Waals surface area contributed by atoms with Crippen LogP contribution in [0, 0.1) is 0 Å². The van der Waals surface area contributed by atoms with E-state index in [-0.39, 0.29) is 5.41 Å². The van der Waals surface area contributed by atoms with Crippen LogP contribution in [-0.2, 0) is 5.41 Å². The van der Waals surface area contributed by atoms with Crippen LogP contribution in [0.4, 0.5) is 0 Å². The lowest BCUT2D eigenvalue weighted by atomic mass is 9.85. The maximum atomic E-state index is 4.05. The zero-order valence-electron chi connectivity index (χ0n) is 10.6. The van der Waals surface area contributed by atoms with Gasteiger partial charge in [-0.3, -0.25) is 4.98 Å². The molecule has 0 atom stereocenters. The molecule has 0 spiro atoms. The van der Waals surface area contributed by atoms with Gasteiger partial charge in [0.05, 0.1) is 0 Å². The van der Waals surface area contributed by atoms with Gasteiger partial charge in [0.25, 0.3) is 0 Å². The molecule has 0 radical (unpaired) electrons. The minimum atomic E-state index is 0.162. The number of likely N-dealkylation sites (N-methyl/N-ethyl adjacent to an activating group) is 1. The molecule has 0 aliphatic carbocycles. The first-order valence-corrected chi connectivity index (χ1v) is 5.99. The van der Waals surface area contributed by atoms with Crippen LogP contribution in [0.1, 0.15) is 26.3 Å². The molecule has 3 heteroatoms. The number of aromatic nitrogens is 1. The minimum absolute atomic E-state index is 0.162. The minimum Gasteiger partial charge on any atom is -0.316 e. The Labute approximate surface area is 98.7 Å². The highest BCUT2D eigenvalue weighted by atomic mass is 14.9. The van der Waals surface area contributed by atoms with Crippen molar-refractivity contribution in [1.29, 1.82) is 0 Å². The maximum absolute atomic E-state index is 4.05. The van der Waals surface area contributed by atoms with Crippen molar-refractivity contribution in [2.45, 2.75) is 26.2 Å². The summed E-state index contributed by atoms with van der Waals surface area (Å²) >= 11 is 0. The molecule has 1 rings (SSSR count). The first-order valence-electron chi connectivity index (χ1n) is 5.99. The van der Waals surface area contributed by atoms with Crippen LogP contribution in [0.15, 0.2) is 24.5 Å². The number of hydrogen-bond acceptors (Lipinski definition) is 3. The van der Waals surface area contributed by atoms with Crippen molar-refractivity contribution >= 4 is 0 Å². The third kappa shape index (κ3) is 4.29. The molecule has 16 heavy (non-hydrogen) atoms. The fraction of sp³-hybridized carbons (Fsp3) is 0.615. The third-order valence-electron chi connectivity index (χ3n) is 2.76. The number of rotatable bonds is 7. The fourth-order valence-electron chi connectivity index (χ4n) is 1.66. The molecule has 0 saturated heterocycles. The highest BCUT2D eigenvalue weighted by Crippen LogP contribution is 2.20. The molecule has 0 fully saturated rings. The van der Waals surface area contributed by atoms with Gasteiger partial charge in [0.1, 0.15) is 0 Å². The SMILES string of the molecule is CCNCCNCC(C)(C)c1ccncc1. The van der Waals surface area contributed by atoms with E-state index in [2.05, 4.69) is 48.5 Å². The van der Waals surface area contributed by atoms with Crippen LogP contribution in [-0.4, -0.2) is 31.2 Å². The standard InChI is InChI=1S/C13H23N3/c1-4-14-9-10-16-11-13(2,3)12-5-7-15-8-6-12/h5-8,14,16H,4,9-11H2,1-3H3. The van der Waals surface area contributed by atoms with Crippen LogP contribution >= 0.6 is 0 Å². The summed E-state index contributed by atoms with van der Waals surface area (Å²) in [7, 11) is 0. The van der Waals surface area contributed by atoms with Crippen LogP contribution in [0.3, 0.4) is 0 Å². The van der Waals surface area contributed by atoms with E-state index in [0.29, 0.717) is 0 Å². The third-order valence-corrected chi connectivity index (χ3v) is 2.76. The van der Waals surface area contributed by atoms with Gasteiger partial charge in [0.15, 0.2) is 0 Å². The predicted octanol–water partition coefficient (Wildman–Crippen LogP) is 1.56. The van der Waals surface area contributed by atoms with Gasteiger partial charge < -0.3 is 10.6 Å². The molecule has 3 nitrogen and oxygen atoms in total. The van der Waals surface area contributed by atoms with Gasteiger partial charge >= 0.3 is 0 Å². The molecule has 0 aliphatic heterocycles. The molecule has 0 amide bonds. The highest BCUT2D eigenvalue weighted by molar-refractivity contribution is 5.20. The van der Waals surface area contributed by atoms with Crippen LogP contribution in [0.25, 0.3) is 0 Å². The monoisotopic (exact) mass is 221 g/mol. The molecule has 0 aliphatic rings. The number of pyridine rings is 1. The van der Waals surface area contributed by atoms with Crippen molar-refractivity contribution in [2.24, 2.45) is 0 Å². The summed E-state index contributed by atoms with van der Waals surface area (Å²) in [5.74, 6) is 0. The van der Waals surface area contributed by atoms with E-state index >= 15 is 0 Å². The lowest BCUT2D eigenvalue weighted by Crippen LogP contribution is -2.36. The molecular formula is C13H23N3. The van der Waals surface area contributed by atoms with Gasteiger partial charge in [-0.15, -0.1) is 0 Å². The molecule has 0 bridgehead atoms. The lowest BCUT2D eigenvalue weighted by molar-refractivity contribution is 0.466. The van der Waals surface area contributed by atoms with Gasteiger partial charge in [-0.2, -0.15) is 0 Å². The van der Waals surface area contributed by atoms with Crippen LogP contribution < -0.4 is 10.6 Å². The van der Waals surface area contributed by atoms with Gasteiger partial charge in [-0.05, 0) is 24.2 Å². The molecule has 2 N–H and O–H groups in total. The number of nitrogens with zero attached hydrogens (tertiary/aromatic N) is 1. The first kappa shape index (κ1) is 13.1. The van der Waals surface area contributed by atoms with Crippen molar-refractivity contribution in [3.05, 3.63) is 30.1 Å². The highest BCUT2D eigenvalue weighted by Gasteiger charge is 2.19. The number of nitrogens with one attached hydrogen (secondary N) is 2. The molecule has 1 aromatic rings. The summed E-state index contributed by atoms with van der Waals surface area (Å²) in [6.07, 6.45) is 3.71. The predicted molar refractivity (Wildman–Crippen MR) is 68.7 cm³/mol. The van der Waals surface area contributed by atoms with Crippen molar-refractivity contribution in [2.75, 3.05) is 26.2 Å². The van der Waals surface area contributed by atoms with Crippen molar-refractivity contribution in [3.63, 3.8) is 0 Å². The van der Waals surface area contributed by atoms with Crippen LogP contribution in [0.2, 0.25) is 0 Å². The molecule has 0 saturated carbocycles. The molecule has 90 valence electrons. The van der Waals surface area contributed by atoms with E-state index in [1.807, 2.05) is 12.4 Å². The summed E-state index contributed by atoms with van der Waals surface area (Å²) in [4.78, 5) is 4.05. The van der Waals surface area contributed by atoms with E-state index in [4.69, 9.17) is 0 Å². The fourth-order valence-corrected chi connectivity index (χ4v) is 1.66. The van der Waals surface area contributed by atoms with E-state index in [1.54, 1.807) is 0 Å². The topological polar surface area (TPSA) is 37.0 Å². The lowest BCUT2D eigenvalue weighted by Gasteiger charge is -2.25. The summed E-state index contributed by atoms with van der Waals surface area (Å²) in [6, 6.07) is 4.18. The van der Waals surface area contributed by atoms with Gasteiger partial charge in [0.2, 0.25) is 0 Å². The van der Waals surface area contributed by atoms with Crippen molar-refractivity contribution < 1.29 is 0 Å². The first-order chi connectivity index (χ1) is 7.67. The van der Waals surface area contributed by atoms with E-state index in [0.717, 1.165) is 26.2 Å². The Morgan fingerprint density at radius 3 is 2.38 bits per heavy atom.